The van der Waals surface area contributed by atoms with Crippen LogP contribution in [0.1, 0.15) is 64.9 Å². The summed E-state index contributed by atoms with van der Waals surface area (Å²) in [6, 6.07) is 5.57. The maximum atomic E-state index is 10.5. The summed E-state index contributed by atoms with van der Waals surface area (Å²) in [4.78, 5) is 32.0. The molecule has 0 aromatic carbocycles. The van der Waals surface area contributed by atoms with Crippen molar-refractivity contribution in [3.05, 3.63) is 56.0 Å². The molecule has 2 rings (SSSR count). The van der Waals surface area contributed by atoms with Crippen LogP contribution in [0.25, 0.3) is 0 Å². The second-order valence-corrected chi connectivity index (χ2v) is 8.65. The minimum Gasteiger partial charge on any atom is -1.00 e. The smallest absolute Gasteiger partial charge is 1.00 e. The van der Waals surface area contributed by atoms with Crippen LogP contribution in [0.5, 0.6) is 0 Å². The van der Waals surface area contributed by atoms with E-state index < -0.39 is 9.85 Å². The van der Waals surface area contributed by atoms with E-state index in [0.29, 0.717) is 21.7 Å². The van der Waals surface area contributed by atoms with Crippen LogP contribution in [0, 0.1) is 20.2 Å². The van der Waals surface area contributed by atoms with Crippen molar-refractivity contribution in [2.45, 2.75) is 53.4 Å². The number of halogens is 2. The summed E-state index contributed by atoms with van der Waals surface area (Å²) in [5.41, 5.74) is 0. The van der Waals surface area contributed by atoms with E-state index in [2.05, 4.69) is 37.7 Å². The molecule has 0 fully saturated rings. The summed E-state index contributed by atoms with van der Waals surface area (Å²) in [7, 11) is 0. The van der Waals surface area contributed by atoms with Crippen LogP contribution < -0.4 is 24.8 Å². The van der Waals surface area contributed by atoms with Gasteiger partial charge in [0.15, 0.2) is 21.7 Å². The molecule has 0 N–H and O–H groups in total. The second-order valence-electron chi connectivity index (χ2n) is 7.92. The molecule has 0 aliphatic carbocycles. The summed E-state index contributed by atoms with van der Waals surface area (Å²) in [5.74, 6) is 0.0432. The fourth-order valence-corrected chi connectivity index (χ4v) is 3.58. The number of hydrogen-bond acceptors (Lipinski definition) is 8. The van der Waals surface area contributed by atoms with Gasteiger partial charge in [-0.2, -0.15) is 0 Å². The average molecular weight is 701 g/mol. The molecule has 233 valence electrons. The zero-order valence-electron chi connectivity index (χ0n) is 23.1. The summed E-state index contributed by atoms with van der Waals surface area (Å²) in [6.45, 7) is 11.7. The van der Waals surface area contributed by atoms with Crippen molar-refractivity contribution < 1.29 is 60.6 Å². The number of hydrogen-bond donors (Lipinski definition) is 0. The first-order valence-corrected chi connectivity index (χ1v) is 13.1. The van der Waals surface area contributed by atoms with Crippen LogP contribution >= 0.6 is 24.4 Å². The number of nitro groups is 2. The van der Waals surface area contributed by atoms with Gasteiger partial charge in [0.2, 0.25) is 0 Å². The van der Waals surface area contributed by atoms with Crippen LogP contribution in [0.4, 0.5) is 11.8 Å². The number of furan rings is 2. The molecule has 0 aliphatic rings. The van der Waals surface area contributed by atoms with Crippen molar-refractivity contribution in [2.75, 3.05) is 26.2 Å². The van der Waals surface area contributed by atoms with E-state index in [-0.39, 0.29) is 53.7 Å². The molecule has 0 unspecified atom stereocenters. The van der Waals surface area contributed by atoms with E-state index in [0.717, 1.165) is 51.9 Å². The number of aliphatic imine (C=N–C) groups is 2. The van der Waals surface area contributed by atoms with Gasteiger partial charge in [0.25, 0.3) is 0 Å². The Kier molecular flexibility index (Phi) is 25.4. The third kappa shape index (κ3) is 16.6. The maximum Gasteiger partial charge on any atom is 2.00 e. The molecule has 0 bridgehead atoms. The van der Waals surface area contributed by atoms with E-state index in [1.165, 1.54) is 36.7 Å². The number of rotatable bonds is 12. The third-order valence-corrected chi connectivity index (χ3v) is 5.43. The minimum atomic E-state index is -0.587. The van der Waals surface area contributed by atoms with Gasteiger partial charge in [-0.05, 0) is 62.3 Å². The van der Waals surface area contributed by atoms with Crippen molar-refractivity contribution in [2.24, 2.45) is 9.98 Å². The van der Waals surface area contributed by atoms with Crippen LogP contribution in [0.3, 0.4) is 0 Å². The van der Waals surface area contributed by atoms with E-state index in [1.54, 1.807) is 0 Å². The first kappa shape index (κ1) is 43.0. The molecular weight excluding hydrogens is 667 g/mol. The molecule has 0 saturated carbocycles. The molecule has 0 amide bonds. The predicted octanol–water partition coefficient (Wildman–Crippen LogP) is 0.0327. The van der Waals surface area contributed by atoms with E-state index >= 15 is 0 Å². The third-order valence-electron chi connectivity index (χ3n) is 4.70. The Balaban J connectivity index is -0.000000656. The van der Waals surface area contributed by atoms with Crippen molar-refractivity contribution in [3.8, 4) is 0 Å². The minimum absolute atomic E-state index is 0. The normalized spacial score (nSPS) is 10.0. The molecular formula is C24H34Cl2CuN6O6S2. The van der Waals surface area contributed by atoms with Gasteiger partial charge in [-0.25, -0.2) is 9.98 Å². The standard InChI is InChI=1S/2C12H17N3O3S.2ClH.Cu/c2*1-3-7-14(8-4-2)12(19)13-9-10-5-6-11(18-10)15(16)17;;;/h2*5-6,9H,3-4,7-8H2,1-2H3;2*1H;/q;;;;+2/p-2/b2*13-9+;;;. The molecule has 0 saturated heterocycles. The van der Waals surface area contributed by atoms with Crippen molar-refractivity contribution >= 4 is 58.9 Å². The average Bonchev–Trinajstić information content (AvgIpc) is 3.56. The van der Waals surface area contributed by atoms with Crippen LogP contribution in [-0.4, -0.2) is 68.5 Å². The van der Waals surface area contributed by atoms with Gasteiger partial charge >= 0.3 is 28.8 Å². The Hall–Kier alpha value is -2.42. The number of nitrogens with zero attached hydrogens (tertiary/aromatic N) is 6. The fraction of sp³-hybridized carbons (Fsp3) is 0.500. The molecule has 17 heteroatoms. The molecule has 12 nitrogen and oxygen atoms in total. The largest absolute Gasteiger partial charge is 2.00 e. The van der Waals surface area contributed by atoms with Crippen molar-refractivity contribution in [1.82, 2.24) is 9.80 Å². The molecule has 0 atom stereocenters. The predicted molar refractivity (Wildman–Crippen MR) is 155 cm³/mol. The first-order valence-electron chi connectivity index (χ1n) is 12.3. The maximum absolute atomic E-state index is 10.5. The summed E-state index contributed by atoms with van der Waals surface area (Å²) in [6.07, 6.45) is 6.77. The molecule has 0 spiro atoms. The molecule has 2 aromatic heterocycles. The summed E-state index contributed by atoms with van der Waals surface area (Å²) in [5, 5.41) is 21.9. The molecule has 1 radical (unpaired) electrons. The zero-order chi connectivity index (χ0) is 28.5. The Bertz CT molecular complexity index is 1030. The molecule has 2 heterocycles. The van der Waals surface area contributed by atoms with E-state index in [1.807, 2.05) is 9.80 Å². The van der Waals surface area contributed by atoms with Crippen molar-refractivity contribution in [1.29, 1.82) is 0 Å². The zero-order valence-corrected chi connectivity index (χ0v) is 27.2. The second kappa shape index (κ2) is 24.2. The SMILES string of the molecule is CCCN(CCC)C(=S)/N=C/c1ccc([N+](=O)[O-])o1.CCCN(CCC)C(=S)/N=C/c1ccc([N+](=O)[O-])o1.[Cl-].[Cl-].[Cu+2]. The quantitative estimate of drug-likeness (QED) is 0.0979. The van der Waals surface area contributed by atoms with Gasteiger partial charge in [0.1, 0.15) is 9.85 Å². The molecule has 2 aromatic rings. The summed E-state index contributed by atoms with van der Waals surface area (Å²) >= 11 is 10.4. The van der Waals surface area contributed by atoms with Gasteiger partial charge in [-0.3, -0.25) is 20.2 Å². The fourth-order valence-electron chi connectivity index (χ4n) is 3.11. The van der Waals surface area contributed by atoms with Gasteiger partial charge in [-0.1, -0.05) is 27.7 Å². The van der Waals surface area contributed by atoms with E-state index in [4.69, 9.17) is 33.3 Å². The van der Waals surface area contributed by atoms with Crippen molar-refractivity contribution in [3.63, 3.8) is 0 Å². The Morgan fingerprint density at radius 3 is 1.24 bits per heavy atom. The Morgan fingerprint density at radius 2 is 1.02 bits per heavy atom. The monoisotopic (exact) mass is 699 g/mol. The Labute approximate surface area is 273 Å². The Morgan fingerprint density at radius 1 is 0.732 bits per heavy atom. The number of thiocarbonyl (C=S) groups is 2. The molecule has 41 heavy (non-hydrogen) atoms. The van der Waals surface area contributed by atoms with Crippen LogP contribution in [0.2, 0.25) is 0 Å². The van der Waals surface area contributed by atoms with E-state index in [9.17, 15) is 20.2 Å². The van der Waals surface area contributed by atoms with Gasteiger partial charge in [-0.15, -0.1) is 0 Å². The van der Waals surface area contributed by atoms with Gasteiger partial charge in [0.05, 0.1) is 24.6 Å². The van der Waals surface area contributed by atoms with Crippen LogP contribution in [0.15, 0.2) is 43.1 Å². The first-order chi connectivity index (χ1) is 18.2. The van der Waals surface area contributed by atoms with Gasteiger partial charge < -0.3 is 43.4 Å². The topological polar surface area (TPSA) is 144 Å². The van der Waals surface area contributed by atoms with Crippen LogP contribution in [-0.2, 0) is 17.1 Å². The van der Waals surface area contributed by atoms with Gasteiger partial charge in [0, 0.05) is 26.2 Å². The molecule has 0 aliphatic heterocycles. The summed E-state index contributed by atoms with van der Waals surface area (Å²) < 4.78 is 9.94.